The summed E-state index contributed by atoms with van der Waals surface area (Å²) in [5.74, 6) is -0.319. The number of quaternary nitrogens is 1. The molecule has 6 heteroatoms. The molecule has 0 aromatic rings. The van der Waals surface area contributed by atoms with Crippen molar-refractivity contribution in [3.05, 3.63) is 32.4 Å². The second-order valence-electron chi connectivity index (χ2n) is 5.81. The molecular weight excluding hydrogens is 437 g/mol. The zero-order valence-corrected chi connectivity index (χ0v) is 18.3. The van der Waals surface area contributed by atoms with Crippen molar-refractivity contribution in [1.82, 2.24) is 0 Å². The van der Waals surface area contributed by atoms with E-state index in [1.54, 1.807) is 0 Å². The van der Waals surface area contributed by atoms with Crippen LogP contribution in [-0.2, 0) is 9.53 Å². The molecule has 0 unspecified atom stereocenters. The summed E-state index contributed by atoms with van der Waals surface area (Å²) in [4.78, 5) is 11.8. The van der Waals surface area contributed by atoms with E-state index in [1.807, 2.05) is 32.9 Å². The monoisotopic (exact) mass is 466 g/mol. The van der Waals surface area contributed by atoms with E-state index in [2.05, 4.69) is 20.3 Å². The molecule has 1 aliphatic heterocycles. The Hall–Kier alpha value is -0.391. The average molecular weight is 466 g/mol. The van der Waals surface area contributed by atoms with Gasteiger partial charge in [-0.15, -0.1) is 0 Å². The number of hydrogen-bond acceptors (Lipinski definition) is 3. The molecule has 1 fully saturated rings. The second-order valence-corrected chi connectivity index (χ2v) is 8.61. The van der Waals surface area contributed by atoms with Crippen molar-refractivity contribution in [2.45, 2.75) is 64.9 Å². The van der Waals surface area contributed by atoms with Crippen molar-refractivity contribution in [2.24, 2.45) is 0 Å². The maximum absolute atomic E-state index is 11.8. The molecule has 1 saturated carbocycles. The predicted molar refractivity (Wildman–Crippen MR) is 101 cm³/mol. The van der Waals surface area contributed by atoms with Crippen LogP contribution in [0.15, 0.2) is 32.4 Å². The number of carbonyl (C=O) groups is 1. The molecule has 0 atom stereocenters. The average Bonchev–Trinajstić information content (AvgIpc) is 2.66. The number of ether oxygens (including phenoxy) is 1. The zero-order chi connectivity index (χ0) is 18.2. The second kappa shape index (κ2) is 10.6. The van der Waals surface area contributed by atoms with Crippen molar-refractivity contribution in [1.29, 1.82) is 0 Å². The van der Waals surface area contributed by atoms with Crippen LogP contribution in [0, 0.1) is 0 Å². The summed E-state index contributed by atoms with van der Waals surface area (Å²) in [5.41, 5.74) is 0.925. The van der Waals surface area contributed by atoms with Gasteiger partial charge < -0.3 is 0 Å². The van der Waals surface area contributed by atoms with Crippen LogP contribution >= 0.6 is 15.9 Å². The Balaban J connectivity index is 0.00000139. The first kappa shape index (κ1) is 21.7. The van der Waals surface area contributed by atoms with Crippen LogP contribution in [0.5, 0.6) is 0 Å². The van der Waals surface area contributed by atoms with E-state index in [0.717, 1.165) is 40.3 Å². The van der Waals surface area contributed by atoms with Crippen LogP contribution < -0.4 is 4.33 Å². The van der Waals surface area contributed by atoms with Gasteiger partial charge in [-0.2, -0.15) is 0 Å². The molecule has 0 bridgehead atoms. The van der Waals surface area contributed by atoms with Gasteiger partial charge in [0.2, 0.25) is 0 Å². The molecule has 0 saturated heterocycles. The molecule has 3 N–H and O–H groups in total. The van der Waals surface area contributed by atoms with Crippen LogP contribution in [0.1, 0.15) is 59.3 Å². The van der Waals surface area contributed by atoms with Gasteiger partial charge in [-0.1, -0.05) is 13.8 Å². The van der Waals surface area contributed by atoms with Crippen LogP contribution in [0.25, 0.3) is 0 Å². The quantitative estimate of drug-likeness (QED) is 0.486. The Kier molecular flexibility index (Phi) is 9.53. The van der Waals surface area contributed by atoms with Gasteiger partial charge in [0.05, 0.1) is 0 Å². The number of rotatable bonds is 2. The summed E-state index contributed by atoms with van der Waals surface area (Å²) in [6, 6.07) is 0. The third kappa shape index (κ3) is 5.85. The molecule has 0 aromatic heterocycles. The first-order chi connectivity index (χ1) is 11.5. The molecule has 0 radical (unpaired) electrons. The number of methoxy groups -OCH3 is 1. The van der Waals surface area contributed by atoms with E-state index in [4.69, 9.17) is 4.74 Å². The van der Waals surface area contributed by atoms with Crippen molar-refractivity contribution in [3.63, 3.8) is 0 Å². The van der Waals surface area contributed by atoms with E-state index < -0.39 is 5.60 Å². The van der Waals surface area contributed by atoms with Gasteiger partial charge in [0, 0.05) is 0 Å². The first-order valence-corrected chi connectivity index (χ1v) is 11.2. The summed E-state index contributed by atoms with van der Waals surface area (Å²) < 4.78 is 9.10. The zero-order valence-electron chi connectivity index (χ0n) is 15.0. The van der Waals surface area contributed by atoms with E-state index >= 15 is 0 Å². The van der Waals surface area contributed by atoms with Gasteiger partial charge in [-0.3, -0.25) is 0 Å². The van der Waals surface area contributed by atoms with Crippen molar-refractivity contribution >= 4 is 37.1 Å². The van der Waals surface area contributed by atoms with Crippen LogP contribution in [0.4, 0.5) is 0 Å². The van der Waals surface area contributed by atoms with E-state index in [1.165, 1.54) is 13.5 Å². The molecule has 0 amide bonds. The van der Waals surface area contributed by atoms with Gasteiger partial charge in [-0.25, -0.2) is 0 Å². The molecule has 0 spiro atoms. The van der Waals surface area contributed by atoms with Crippen molar-refractivity contribution in [3.8, 4) is 0 Å². The number of esters is 1. The van der Waals surface area contributed by atoms with E-state index in [9.17, 15) is 9.90 Å². The number of hydrogen-bond donors (Lipinski definition) is 2. The van der Waals surface area contributed by atoms with Gasteiger partial charge in [0.1, 0.15) is 0 Å². The Morgan fingerprint density at radius 3 is 2.54 bits per heavy atom. The fraction of sp³-hybridized carbons (Fsp3) is 0.611. The van der Waals surface area contributed by atoms with Gasteiger partial charge in [-0.05, 0) is 0 Å². The number of allylic oxidation sites excluding steroid dienone is 3. The van der Waals surface area contributed by atoms with E-state index in [0.29, 0.717) is 12.0 Å². The topological polar surface area (TPSA) is 63.1 Å². The first-order valence-electron chi connectivity index (χ1n) is 8.54. The number of nitrogens with two attached hydrogens (primary N) is 1. The van der Waals surface area contributed by atoms with Gasteiger partial charge in [0.15, 0.2) is 0 Å². The van der Waals surface area contributed by atoms with Crippen molar-refractivity contribution in [2.75, 3.05) is 7.11 Å². The van der Waals surface area contributed by atoms with E-state index in [-0.39, 0.29) is 21.1 Å². The third-order valence-electron chi connectivity index (χ3n) is 4.02. The minimum atomic E-state index is -0.683. The normalized spacial score (nSPS) is 28.6. The van der Waals surface area contributed by atoms with Crippen molar-refractivity contribution < 1.29 is 19.0 Å². The molecule has 4 nitrogen and oxygen atoms in total. The summed E-state index contributed by atoms with van der Waals surface area (Å²) >= 11 is 3.73. The SMILES string of the molecule is CC.COC(=O)C1=C/C/C(Br)=C(/C2(O)CCCCC2)[Se][NH2+]/C(C)=C\1. The fourth-order valence-electron chi connectivity index (χ4n) is 2.83. The van der Waals surface area contributed by atoms with Gasteiger partial charge in [0.25, 0.3) is 0 Å². The molecule has 1 aliphatic carbocycles. The van der Waals surface area contributed by atoms with Crippen LogP contribution in [0.3, 0.4) is 0 Å². The number of halogens is 1. The van der Waals surface area contributed by atoms with Crippen LogP contribution in [-0.4, -0.2) is 39.0 Å². The molecule has 2 aliphatic rings. The standard InChI is InChI=1S/C16H22BrNO3Se.C2H6/c1-11-10-12(15(19)21-2)6-7-13(17)14(22-18-11)16(20)8-4-3-5-9-16;1-2/h6,10,18,20H,3-5,7-9H2,1-2H3;1-2H3/p+1/b11-10-,12-6+,14-13+;. The third-order valence-corrected chi connectivity index (χ3v) is 8.16. The maximum atomic E-state index is 11.8. The Morgan fingerprint density at radius 2 is 1.96 bits per heavy atom. The molecule has 136 valence electrons. The molecule has 0 aromatic carbocycles. The van der Waals surface area contributed by atoms with Gasteiger partial charge >= 0.3 is 147 Å². The van der Waals surface area contributed by atoms with Crippen LogP contribution in [0.2, 0.25) is 0 Å². The summed E-state index contributed by atoms with van der Waals surface area (Å²) in [7, 11) is 1.40. The fourth-order valence-corrected chi connectivity index (χ4v) is 5.96. The molecular formula is C18H29BrNO3Se+. The Labute approximate surface area is 160 Å². The summed E-state index contributed by atoms with van der Waals surface area (Å²) in [5, 5.41) is 11.1. The number of carbonyl (C=O) groups excluding carboxylic acids is 1. The Morgan fingerprint density at radius 1 is 1.33 bits per heavy atom. The summed E-state index contributed by atoms with van der Waals surface area (Å²) in [6.07, 6.45) is 9.38. The molecule has 1 heterocycles. The molecule has 24 heavy (non-hydrogen) atoms. The predicted octanol–water partition coefficient (Wildman–Crippen LogP) is 2.90. The molecule has 2 rings (SSSR count). The summed E-state index contributed by atoms with van der Waals surface area (Å²) in [6.45, 7) is 5.99. The minimum absolute atomic E-state index is 0.0743. The Bertz CT molecular complexity index is 534. The number of aliphatic hydroxyl groups is 1.